The molecule has 2 heterocycles. The molecule has 0 N–H and O–H groups in total. The number of hydrogen-bond acceptors (Lipinski definition) is 6. The van der Waals surface area contributed by atoms with Gasteiger partial charge in [-0.1, -0.05) is 24.3 Å². The third-order valence-electron chi connectivity index (χ3n) is 6.05. The van der Waals surface area contributed by atoms with Crippen molar-refractivity contribution in [3.05, 3.63) is 76.1 Å². The molecule has 8 nitrogen and oxygen atoms in total. The topological polar surface area (TPSA) is 92.4 Å². The fourth-order valence-corrected chi connectivity index (χ4v) is 5.20. The number of halogens is 1. The summed E-state index contributed by atoms with van der Waals surface area (Å²) in [6.45, 7) is 3.82. The molecule has 0 aliphatic carbocycles. The smallest absolute Gasteiger partial charge is 0.329 e. The van der Waals surface area contributed by atoms with E-state index in [-0.39, 0.29) is 17.5 Å². The van der Waals surface area contributed by atoms with Crippen molar-refractivity contribution < 1.29 is 22.3 Å². The number of benzene rings is 2. The Morgan fingerprint density at radius 3 is 2.53 bits per heavy atom. The minimum Gasteiger partial charge on any atom is -0.491 e. The summed E-state index contributed by atoms with van der Waals surface area (Å²) in [5, 5.41) is 0. The maximum Gasteiger partial charge on any atom is 0.329 e. The normalized spacial score (nSPS) is 12.6. The van der Waals surface area contributed by atoms with Crippen LogP contribution in [-0.2, 0) is 16.9 Å². The summed E-state index contributed by atoms with van der Waals surface area (Å²) in [4.78, 5) is 18.0. The van der Waals surface area contributed by atoms with Gasteiger partial charge in [0, 0.05) is 18.9 Å². The molecule has 2 aromatic carbocycles. The molecule has 0 saturated carbocycles. The zero-order valence-corrected chi connectivity index (χ0v) is 21.6. The van der Waals surface area contributed by atoms with Crippen molar-refractivity contribution in [1.82, 2.24) is 14.1 Å². The van der Waals surface area contributed by atoms with Crippen LogP contribution in [0.1, 0.15) is 24.2 Å². The van der Waals surface area contributed by atoms with Gasteiger partial charge < -0.3 is 9.47 Å². The highest BCUT2D eigenvalue weighted by molar-refractivity contribution is 7.90. The highest BCUT2D eigenvalue weighted by atomic mass is 32.2. The van der Waals surface area contributed by atoms with Gasteiger partial charge in [-0.15, -0.1) is 0 Å². The second-order valence-electron chi connectivity index (χ2n) is 8.64. The summed E-state index contributed by atoms with van der Waals surface area (Å²) in [5.41, 5.74) is 2.51. The van der Waals surface area contributed by atoms with Gasteiger partial charge in [-0.05, 0) is 49.2 Å². The molecule has 0 amide bonds. The third kappa shape index (κ3) is 4.73. The number of aromatic nitrogens is 3. The first-order chi connectivity index (χ1) is 17.1. The van der Waals surface area contributed by atoms with Crippen molar-refractivity contribution in [3.63, 3.8) is 0 Å². The van der Waals surface area contributed by atoms with Crippen LogP contribution in [0.25, 0.3) is 22.2 Å². The van der Waals surface area contributed by atoms with Crippen molar-refractivity contribution in [2.24, 2.45) is 7.05 Å². The van der Waals surface area contributed by atoms with E-state index in [1.54, 1.807) is 69.4 Å². The summed E-state index contributed by atoms with van der Waals surface area (Å²) in [6, 6.07) is 12.6. The molecule has 0 saturated heterocycles. The summed E-state index contributed by atoms with van der Waals surface area (Å²) in [7, 11) is -0.446. The van der Waals surface area contributed by atoms with Gasteiger partial charge in [0.1, 0.15) is 15.7 Å². The van der Waals surface area contributed by atoms with Crippen molar-refractivity contribution in [1.29, 1.82) is 0 Å². The molecule has 0 unspecified atom stereocenters. The number of sulfone groups is 1. The van der Waals surface area contributed by atoms with Gasteiger partial charge in [0.2, 0.25) is 0 Å². The predicted molar refractivity (Wildman–Crippen MR) is 137 cm³/mol. The van der Waals surface area contributed by atoms with Crippen LogP contribution in [0, 0.1) is 12.7 Å². The molecule has 36 heavy (non-hydrogen) atoms. The second-order valence-corrected chi connectivity index (χ2v) is 10.8. The Labute approximate surface area is 208 Å². The Bertz CT molecular complexity index is 1610. The lowest BCUT2D eigenvalue weighted by atomic mass is 10.0. The Kier molecular flexibility index (Phi) is 6.90. The van der Waals surface area contributed by atoms with E-state index in [4.69, 9.17) is 9.47 Å². The van der Waals surface area contributed by atoms with Crippen LogP contribution in [0.5, 0.6) is 11.6 Å². The number of ether oxygens (including phenoxy) is 2. The monoisotopic (exact) mass is 513 g/mol. The molecule has 0 aliphatic rings. The van der Waals surface area contributed by atoms with Crippen LogP contribution in [0.4, 0.5) is 4.39 Å². The number of imidazole rings is 1. The standard InChI is InChI=1S/C26H28FN3O5S/c1-6-35-25-23(34-4)13-11-19(28-25)22(15-36(5,32)33)30-20-12-10-17(14-21(20)29(3)26(30)31)18-9-7-8-16(2)24(18)27/h7-14,22H,6,15H2,1-5H3/t22-/m1/s1. The van der Waals surface area contributed by atoms with Crippen molar-refractivity contribution in [2.75, 3.05) is 25.7 Å². The van der Waals surface area contributed by atoms with Crippen LogP contribution < -0.4 is 15.2 Å². The van der Waals surface area contributed by atoms with Crippen LogP contribution in [-0.4, -0.2) is 48.3 Å². The SMILES string of the molecule is CCOc1nc([C@@H](CS(C)(=O)=O)n2c(=O)n(C)c3cc(-c4cccc(C)c4F)ccc32)ccc1OC. The fourth-order valence-electron chi connectivity index (χ4n) is 4.30. The van der Waals surface area contributed by atoms with Crippen LogP contribution >= 0.6 is 0 Å². The zero-order chi connectivity index (χ0) is 26.2. The molecule has 10 heteroatoms. The molecule has 0 spiro atoms. The average molecular weight is 514 g/mol. The van der Waals surface area contributed by atoms with E-state index in [1.165, 1.54) is 16.2 Å². The lowest BCUT2D eigenvalue weighted by molar-refractivity contribution is 0.296. The first kappa shape index (κ1) is 25.4. The second kappa shape index (κ2) is 9.77. The molecule has 4 rings (SSSR count). The number of pyridine rings is 1. The van der Waals surface area contributed by atoms with Crippen molar-refractivity contribution >= 4 is 20.9 Å². The Hall–Kier alpha value is -3.66. The van der Waals surface area contributed by atoms with Gasteiger partial charge in [-0.3, -0.25) is 9.13 Å². The van der Waals surface area contributed by atoms with Gasteiger partial charge in [0.15, 0.2) is 5.75 Å². The largest absolute Gasteiger partial charge is 0.491 e. The molecule has 1 atom stereocenters. The van der Waals surface area contributed by atoms with E-state index in [9.17, 15) is 17.6 Å². The maximum atomic E-state index is 14.8. The Morgan fingerprint density at radius 2 is 1.86 bits per heavy atom. The van der Waals surface area contributed by atoms with Crippen LogP contribution in [0.2, 0.25) is 0 Å². The lowest BCUT2D eigenvalue weighted by Crippen LogP contribution is -2.31. The van der Waals surface area contributed by atoms with E-state index >= 15 is 0 Å². The summed E-state index contributed by atoms with van der Waals surface area (Å²) in [6.07, 6.45) is 1.11. The number of nitrogens with zero attached hydrogens (tertiary/aromatic N) is 3. The minimum atomic E-state index is -3.53. The van der Waals surface area contributed by atoms with E-state index in [0.717, 1.165) is 6.26 Å². The molecule has 0 aliphatic heterocycles. The Morgan fingerprint density at radius 1 is 1.11 bits per heavy atom. The Balaban J connectivity index is 1.94. The maximum absolute atomic E-state index is 14.8. The van der Waals surface area contributed by atoms with Gasteiger partial charge in [0.25, 0.3) is 5.88 Å². The zero-order valence-electron chi connectivity index (χ0n) is 20.8. The van der Waals surface area contributed by atoms with E-state index in [0.29, 0.717) is 45.8 Å². The molecule has 0 radical (unpaired) electrons. The predicted octanol–water partition coefficient (Wildman–Crippen LogP) is 3.89. The highest BCUT2D eigenvalue weighted by Crippen LogP contribution is 2.32. The first-order valence-corrected chi connectivity index (χ1v) is 13.4. The average Bonchev–Trinajstić information content (AvgIpc) is 3.08. The molecule has 0 fully saturated rings. The van der Waals surface area contributed by atoms with Gasteiger partial charge >= 0.3 is 5.69 Å². The minimum absolute atomic E-state index is 0.210. The van der Waals surface area contributed by atoms with Crippen LogP contribution in [0.3, 0.4) is 0 Å². The number of fused-ring (bicyclic) bond motifs is 1. The number of methoxy groups -OCH3 is 1. The van der Waals surface area contributed by atoms with E-state index < -0.39 is 21.6 Å². The summed E-state index contributed by atoms with van der Waals surface area (Å²) >= 11 is 0. The third-order valence-corrected chi connectivity index (χ3v) is 6.97. The van der Waals surface area contributed by atoms with Gasteiger partial charge in [-0.2, -0.15) is 0 Å². The molecule has 0 bridgehead atoms. The molecule has 2 aromatic heterocycles. The van der Waals surface area contributed by atoms with E-state index in [1.807, 2.05) is 0 Å². The quantitative estimate of drug-likeness (QED) is 0.355. The summed E-state index contributed by atoms with van der Waals surface area (Å²) < 4.78 is 53.4. The summed E-state index contributed by atoms with van der Waals surface area (Å²) in [5.74, 6) is -0.0806. The lowest BCUT2D eigenvalue weighted by Gasteiger charge is -2.19. The number of aryl methyl sites for hydroxylation is 2. The highest BCUT2D eigenvalue weighted by Gasteiger charge is 2.27. The van der Waals surface area contributed by atoms with Crippen molar-refractivity contribution in [2.45, 2.75) is 19.9 Å². The molecular weight excluding hydrogens is 485 g/mol. The molecular formula is C26H28FN3O5S. The molecule has 190 valence electrons. The van der Waals surface area contributed by atoms with Gasteiger partial charge in [0.05, 0.1) is 42.2 Å². The van der Waals surface area contributed by atoms with Gasteiger partial charge in [-0.25, -0.2) is 22.6 Å². The first-order valence-electron chi connectivity index (χ1n) is 11.4. The number of rotatable bonds is 8. The van der Waals surface area contributed by atoms with Crippen LogP contribution in [0.15, 0.2) is 53.3 Å². The van der Waals surface area contributed by atoms with Crippen molar-refractivity contribution in [3.8, 4) is 22.8 Å². The molecule has 4 aromatic rings. The number of hydrogen-bond donors (Lipinski definition) is 0. The fraction of sp³-hybridized carbons (Fsp3) is 0.308. The van der Waals surface area contributed by atoms with E-state index in [2.05, 4.69) is 4.98 Å².